The second-order valence-corrected chi connectivity index (χ2v) is 3.02. The minimum Gasteiger partial charge on any atom is -0.396 e. The molecule has 0 aliphatic carbocycles. The quantitative estimate of drug-likeness (QED) is 0.663. The van der Waals surface area contributed by atoms with E-state index in [9.17, 15) is 0 Å². The average Bonchev–Trinajstić information content (AvgIpc) is 2.47. The summed E-state index contributed by atoms with van der Waals surface area (Å²) in [6.07, 6.45) is 3.68. The van der Waals surface area contributed by atoms with Crippen LogP contribution in [0.15, 0.2) is 6.20 Å². The third kappa shape index (κ3) is 2.73. The fraction of sp³-hybridized carbons (Fsp3) is 0.667. The molecule has 0 aliphatic rings. The van der Waals surface area contributed by atoms with Gasteiger partial charge in [0, 0.05) is 26.4 Å². The van der Waals surface area contributed by atoms with Crippen LogP contribution in [-0.2, 0) is 13.5 Å². The van der Waals surface area contributed by atoms with Crippen LogP contribution in [0, 0.1) is 0 Å². The highest BCUT2D eigenvalue weighted by Crippen LogP contribution is 2.12. The predicted octanol–water partition coefficient (Wildman–Crippen LogP) is 0.777. The molecular formula is C9H17N3O. The van der Waals surface area contributed by atoms with Crippen molar-refractivity contribution in [1.82, 2.24) is 9.78 Å². The molecule has 0 radical (unpaired) electrons. The second-order valence-electron chi connectivity index (χ2n) is 3.02. The van der Waals surface area contributed by atoms with Crippen LogP contribution < -0.4 is 5.32 Å². The van der Waals surface area contributed by atoms with Crippen molar-refractivity contribution >= 4 is 5.69 Å². The number of nitrogens with one attached hydrogen (secondary N) is 1. The average molecular weight is 183 g/mol. The van der Waals surface area contributed by atoms with Crippen molar-refractivity contribution in [3.63, 3.8) is 0 Å². The van der Waals surface area contributed by atoms with Crippen molar-refractivity contribution < 1.29 is 5.11 Å². The number of hydrogen-bond acceptors (Lipinski definition) is 3. The lowest BCUT2D eigenvalue weighted by Crippen LogP contribution is -2.04. The zero-order valence-corrected chi connectivity index (χ0v) is 8.25. The Morgan fingerprint density at radius 1 is 1.62 bits per heavy atom. The molecule has 0 fully saturated rings. The van der Waals surface area contributed by atoms with Crippen molar-refractivity contribution in [2.45, 2.75) is 19.8 Å². The highest BCUT2D eigenvalue weighted by Gasteiger charge is 2.03. The van der Waals surface area contributed by atoms with E-state index in [1.807, 2.05) is 13.2 Å². The lowest BCUT2D eigenvalue weighted by Gasteiger charge is -2.02. The van der Waals surface area contributed by atoms with Gasteiger partial charge in [0.05, 0.1) is 11.4 Å². The van der Waals surface area contributed by atoms with Gasteiger partial charge in [-0.05, 0) is 12.8 Å². The summed E-state index contributed by atoms with van der Waals surface area (Å²) in [5.74, 6) is 0. The fourth-order valence-corrected chi connectivity index (χ4v) is 1.25. The molecule has 1 heterocycles. The third-order valence-corrected chi connectivity index (χ3v) is 1.89. The molecule has 0 amide bonds. The first-order valence-corrected chi connectivity index (χ1v) is 4.65. The highest BCUT2D eigenvalue weighted by molar-refractivity contribution is 5.46. The van der Waals surface area contributed by atoms with E-state index in [0.717, 1.165) is 30.8 Å². The van der Waals surface area contributed by atoms with Crippen LogP contribution in [0.4, 0.5) is 5.69 Å². The Balaban J connectivity index is 2.53. The maximum Gasteiger partial charge on any atom is 0.0853 e. The molecule has 74 valence electrons. The summed E-state index contributed by atoms with van der Waals surface area (Å²) in [6.45, 7) is 3.11. The van der Waals surface area contributed by atoms with E-state index >= 15 is 0 Å². The maximum absolute atomic E-state index is 8.62. The number of aromatic nitrogens is 2. The molecule has 0 aliphatic heterocycles. The van der Waals surface area contributed by atoms with Gasteiger partial charge in [-0.25, -0.2) is 0 Å². The van der Waals surface area contributed by atoms with Gasteiger partial charge in [-0.2, -0.15) is 5.10 Å². The lowest BCUT2D eigenvalue weighted by molar-refractivity contribution is 0.292. The smallest absolute Gasteiger partial charge is 0.0853 e. The van der Waals surface area contributed by atoms with Gasteiger partial charge in [-0.1, -0.05) is 6.92 Å². The van der Waals surface area contributed by atoms with Gasteiger partial charge in [-0.3, -0.25) is 4.68 Å². The Labute approximate surface area is 78.6 Å². The van der Waals surface area contributed by atoms with Crippen molar-refractivity contribution in [3.8, 4) is 0 Å². The Morgan fingerprint density at radius 3 is 3.00 bits per heavy atom. The molecular weight excluding hydrogens is 166 g/mol. The molecule has 13 heavy (non-hydrogen) atoms. The van der Waals surface area contributed by atoms with E-state index < -0.39 is 0 Å². The molecule has 0 bridgehead atoms. The van der Waals surface area contributed by atoms with Crippen molar-refractivity contribution in [2.75, 3.05) is 18.5 Å². The zero-order valence-electron chi connectivity index (χ0n) is 8.25. The molecule has 0 aromatic carbocycles. The van der Waals surface area contributed by atoms with Crippen LogP contribution >= 0.6 is 0 Å². The van der Waals surface area contributed by atoms with Crippen molar-refractivity contribution in [1.29, 1.82) is 0 Å². The highest BCUT2D eigenvalue weighted by atomic mass is 16.3. The molecule has 1 aromatic rings. The number of rotatable bonds is 5. The van der Waals surface area contributed by atoms with Crippen LogP contribution in [0.1, 0.15) is 19.0 Å². The predicted molar refractivity (Wildman–Crippen MR) is 52.8 cm³/mol. The van der Waals surface area contributed by atoms with Gasteiger partial charge in [0.15, 0.2) is 0 Å². The SMILES string of the molecule is CCc1nn(C)cc1NCCCO. The van der Waals surface area contributed by atoms with Crippen LogP contribution in [0.2, 0.25) is 0 Å². The number of nitrogens with zero attached hydrogens (tertiary/aromatic N) is 2. The molecule has 0 atom stereocenters. The topological polar surface area (TPSA) is 50.1 Å². The Kier molecular flexibility index (Phi) is 3.76. The first-order valence-electron chi connectivity index (χ1n) is 4.65. The molecule has 0 unspecified atom stereocenters. The van der Waals surface area contributed by atoms with E-state index in [-0.39, 0.29) is 6.61 Å². The van der Waals surface area contributed by atoms with Gasteiger partial charge in [0.1, 0.15) is 0 Å². The van der Waals surface area contributed by atoms with Crippen LogP contribution in [0.3, 0.4) is 0 Å². The molecule has 1 aromatic heterocycles. The molecule has 1 rings (SSSR count). The van der Waals surface area contributed by atoms with Crippen LogP contribution in [0.25, 0.3) is 0 Å². The van der Waals surface area contributed by atoms with Crippen molar-refractivity contribution in [2.24, 2.45) is 7.05 Å². The molecule has 2 N–H and O–H groups in total. The van der Waals surface area contributed by atoms with E-state index in [1.54, 1.807) is 4.68 Å². The Hall–Kier alpha value is -1.03. The van der Waals surface area contributed by atoms with Gasteiger partial charge >= 0.3 is 0 Å². The van der Waals surface area contributed by atoms with E-state index in [0.29, 0.717) is 0 Å². The minimum atomic E-state index is 0.231. The third-order valence-electron chi connectivity index (χ3n) is 1.89. The summed E-state index contributed by atoms with van der Waals surface area (Å²) in [6, 6.07) is 0. The molecule has 0 saturated carbocycles. The fourth-order valence-electron chi connectivity index (χ4n) is 1.25. The summed E-state index contributed by atoms with van der Waals surface area (Å²) in [5.41, 5.74) is 2.17. The number of hydrogen-bond donors (Lipinski definition) is 2. The van der Waals surface area contributed by atoms with Gasteiger partial charge < -0.3 is 10.4 Å². The van der Waals surface area contributed by atoms with Crippen LogP contribution in [-0.4, -0.2) is 28.0 Å². The Morgan fingerprint density at radius 2 is 2.38 bits per heavy atom. The van der Waals surface area contributed by atoms with E-state index in [2.05, 4.69) is 17.3 Å². The first kappa shape index (κ1) is 10.1. The van der Waals surface area contributed by atoms with Gasteiger partial charge in [-0.15, -0.1) is 0 Å². The number of anilines is 1. The number of aliphatic hydroxyl groups excluding tert-OH is 1. The molecule has 0 saturated heterocycles. The maximum atomic E-state index is 8.62. The molecule has 4 nitrogen and oxygen atoms in total. The Bertz CT molecular complexity index is 257. The minimum absolute atomic E-state index is 0.231. The normalized spacial score (nSPS) is 10.4. The lowest BCUT2D eigenvalue weighted by atomic mass is 10.3. The van der Waals surface area contributed by atoms with E-state index in [1.165, 1.54) is 0 Å². The summed E-state index contributed by atoms with van der Waals surface area (Å²) in [4.78, 5) is 0. The summed E-state index contributed by atoms with van der Waals surface area (Å²) < 4.78 is 1.81. The van der Waals surface area contributed by atoms with Crippen molar-refractivity contribution in [3.05, 3.63) is 11.9 Å². The van der Waals surface area contributed by atoms with Gasteiger partial charge in [0.25, 0.3) is 0 Å². The second kappa shape index (κ2) is 4.87. The summed E-state index contributed by atoms with van der Waals surface area (Å²) in [5, 5.41) is 16.2. The van der Waals surface area contributed by atoms with Gasteiger partial charge in [0.2, 0.25) is 0 Å². The molecule has 4 heteroatoms. The summed E-state index contributed by atoms with van der Waals surface area (Å²) >= 11 is 0. The standard InChI is InChI=1S/C9H17N3O/c1-3-8-9(7-12(2)11-8)10-5-4-6-13/h7,10,13H,3-6H2,1-2H3. The number of aryl methyl sites for hydroxylation is 2. The van der Waals surface area contributed by atoms with Crippen LogP contribution in [0.5, 0.6) is 0 Å². The first-order chi connectivity index (χ1) is 6.27. The number of aliphatic hydroxyl groups is 1. The largest absolute Gasteiger partial charge is 0.396 e. The van der Waals surface area contributed by atoms with E-state index in [4.69, 9.17) is 5.11 Å². The monoisotopic (exact) mass is 183 g/mol. The molecule has 0 spiro atoms. The summed E-state index contributed by atoms with van der Waals surface area (Å²) in [7, 11) is 1.91. The zero-order chi connectivity index (χ0) is 9.68.